The number of nitrogens with zero attached hydrogens (tertiary/aromatic N) is 2. The SMILES string of the molecule is Cc1cn2cc(C(=O)Nc3ccc[nH]c3=O)c(OC(C)C)cc2n1. The van der Waals surface area contributed by atoms with Crippen molar-refractivity contribution in [1.82, 2.24) is 14.4 Å². The molecule has 0 bridgehead atoms. The predicted octanol–water partition coefficient (Wildman–Crippen LogP) is 2.37. The van der Waals surface area contributed by atoms with Gasteiger partial charge in [-0.25, -0.2) is 4.98 Å². The monoisotopic (exact) mass is 326 g/mol. The van der Waals surface area contributed by atoms with Crippen LogP contribution in [-0.2, 0) is 0 Å². The van der Waals surface area contributed by atoms with E-state index in [9.17, 15) is 9.59 Å². The Kier molecular flexibility index (Phi) is 4.07. The van der Waals surface area contributed by atoms with E-state index in [1.807, 2.05) is 27.0 Å². The van der Waals surface area contributed by atoms with Crippen LogP contribution in [0.4, 0.5) is 5.69 Å². The Hall–Kier alpha value is -3.09. The number of amides is 1. The second-order valence-electron chi connectivity index (χ2n) is 5.73. The second kappa shape index (κ2) is 6.19. The lowest BCUT2D eigenvalue weighted by atomic mass is 10.2. The zero-order chi connectivity index (χ0) is 17.3. The van der Waals surface area contributed by atoms with E-state index in [0.29, 0.717) is 17.0 Å². The summed E-state index contributed by atoms with van der Waals surface area (Å²) in [6.45, 7) is 5.63. The van der Waals surface area contributed by atoms with Gasteiger partial charge in [0.05, 0.1) is 17.4 Å². The number of aromatic amines is 1. The standard InChI is InChI=1S/C17H18N4O3/c1-10(2)24-14-7-15-19-11(3)8-21(15)9-12(14)16(22)20-13-5-4-6-18-17(13)23/h4-10H,1-3H3,(H,18,23)(H,20,22). The number of H-pyrrole nitrogens is 1. The molecule has 0 aliphatic carbocycles. The number of hydrogen-bond acceptors (Lipinski definition) is 4. The summed E-state index contributed by atoms with van der Waals surface area (Å²) in [5, 5.41) is 2.62. The number of aromatic nitrogens is 3. The first-order valence-electron chi connectivity index (χ1n) is 7.59. The summed E-state index contributed by atoms with van der Waals surface area (Å²) >= 11 is 0. The maximum atomic E-state index is 12.6. The summed E-state index contributed by atoms with van der Waals surface area (Å²) in [5.41, 5.74) is 1.67. The summed E-state index contributed by atoms with van der Waals surface area (Å²) in [6, 6.07) is 4.90. The fourth-order valence-electron chi connectivity index (χ4n) is 2.37. The smallest absolute Gasteiger partial charge is 0.271 e. The molecule has 3 rings (SSSR count). The molecule has 0 saturated heterocycles. The zero-order valence-electron chi connectivity index (χ0n) is 13.7. The van der Waals surface area contributed by atoms with Gasteiger partial charge in [-0.3, -0.25) is 9.59 Å². The summed E-state index contributed by atoms with van der Waals surface area (Å²) < 4.78 is 7.51. The Balaban J connectivity index is 2.03. The van der Waals surface area contributed by atoms with E-state index in [-0.39, 0.29) is 17.4 Å². The fraction of sp³-hybridized carbons (Fsp3) is 0.235. The summed E-state index contributed by atoms with van der Waals surface area (Å²) in [6.07, 6.45) is 4.88. The molecule has 24 heavy (non-hydrogen) atoms. The third-order valence-corrected chi connectivity index (χ3v) is 3.35. The lowest BCUT2D eigenvalue weighted by Crippen LogP contribution is -2.21. The van der Waals surface area contributed by atoms with Gasteiger partial charge in [-0.05, 0) is 32.9 Å². The molecule has 3 aromatic heterocycles. The van der Waals surface area contributed by atoms with Crippen molar-refractivity contribution in [2.75, 3.05) is 5.32 Å². The molecule has 7 nitrogen and oxygen atoms in total. The highest BCUT2D eigenvalue weighted by Crippen LogP contribution is 2.23. The highest BCUT2D eigenvalue weighted by Gasteiger charge is 2.17. The first-order valence-corrected chi connectivity index (χ1v) is 7.59. The van der Waals surface area contributed by atoms with Gasteiger partial charge in [0, 0.05) is 24.7 Å². The second-order valence-corrected chi connectivity index (χ2v) is 5.73. The van der Waals surface area contributed by atoms with Gasteiger partial charge in [0.2, 0.25) is 0 Å². The number of carbonyl (C=O) groups excluding carboxylic acids is 1. The quantitative estimate of drug-likeness (QED) is 0.770. The zero-order valence-corrected chi connectivity index (χ0v) is 13.7. The molecular weight excluding hydrogens is 308 g/mol. The van der Waals surface area contributed by atoms with Crippen LogP contribution in [0.5, 0.6) is 5.75 Å². The van der Waals surface area contributed by atoms with Gasteiger partial charge in [0.25, 0.3) is 11.5 Å². The first kappa shape index (κ1) is 15.8. The summed E-state index contributed by atoms with van der Waals surface area (Å²) in [4.78, 5) is 31.3. The van der Waals surface area contributed by atoms with Gasteiger partial charge in [-0.15, -0.1) is 0 Å². The van der Waals surface area contributed by atoms with Crippen molar-refractivity contribution in [2.24, 2.45) is 0 Å². The Labute approximate surface area is 138 Å². The van der Waals surface area contributed by atoms with Crippen LogP contribution in [0.15, 0.2) is 41.6 Å². The number of aryl methyl sites for hydroxylation is 1. The van der Waals surface area contributed by atoms with E-state index in [4.69, 9.17) is 4.74 Å². The third kappa shape index (κ3) is 3.15. The highest BCUT2D eigenvalue weighted by atomic mass is 16.5. The molecular formula is C17H18N4O3. The van der Waals surface area contributed by atoms with Crippen molar-refractivity contribution >= 4 is 17.2 Å². The number of carbonyl (C=O) groups is 1. The number of rotatable bonds is 4. The van der Waals surface area contributed by atoms with E-state index >= 15 is 0 Å². The van der Waals surface area contributed by atoms with E-state index in [0.717, 1.165) is 5.69 Å². The van der Waals surface area contributed by atoms with E-state index in [1.54, 1.807) is 28.8 Å². The number of ether oxygens (including phenoxy) is 1. The van der Waals surface area contributed by atoms with E-state index in [1.165, 1.54) is 6.20 Å². The molecule has 3 aromatic rings. The molecule has 124 valence electrons. The van der Waals surface area contributed by atoms with Crippen LogP contribution < -0.4 is 15.6 Å². The number of imidazole rings is 1. The number of pyridine rings is 2. The predicted molar refractivity (Wildman–Crippen MR) is 90.7 cm³/mol. The van der Waals surface area contributed by atoms with Gasteiger partial charge in [0.15, 0.2) is 0 Å². The topological polar surface area (TPSA) is 88.5 Å². The van der Waals surface area contributed by atoms with Crippen LogP contribution in [0.3, 0.4) is 0 Å². The van der Waals surface area contributed by atoms with Gasteiger partial charge < -0.3 is 19.4 Å². The molecule has 2 N–H and O–H groups in total. The van der Waals surface area contributed by atoms with E-state index < -0.39 is 5.91 Å². The normalized spacial score (nSPS) is 11.0. The lowest BCUT2D eigenvalue weighted by Gasteiger charge is -2.14. The molecule has 0 aliphatic rings. The molecule has 7 heteroatoms. The minimum absolute atomic E-state index is 0.102. The molecule has 0 radical (unpaired) electrons. The average Bonchev–Trinajstić information content (AvgIpc) is 2.87. The molecule has 0 aromatic carbocycles. The van der Waals surface area contributed by atoms with Crippen molar-refractivity contribution in [3.05, 3.63) is 58.4 Å². The van der Waals surface area contributed by atoms with Gasteiger partial charge in [-0.2, -0.15) is 0 Å². The molecule has 0 saturated carbocycles. The number of anilines is 1. The molecule has 0 fully saturated rings. The maximum Gasteiger partial charge on any atom is 0.271 e. The number of fused-ring (bicyclic) bond motifs is 1. The van der Waals surface area contributed by atoms with Crippen LogP contribution >= 0.6 is 0 Å². The number of nitrogens with one attached hydrogen (secondary N) is 2. The van der Waals surface area contributed by atoms with Crippen molar-refractivity contribution in [1.29, 1.82) is 0 Å². The molecule has 0 spiro atoms. The molecule has 3 heterocycles. The van der Waals surface area contributed by atoms with Crippen molar-refractivity contribution in [3.63, 3.8) is 0 Å². The molecule has 1 amide bonds. The Bertz CT molecular complexity index is 956. The average molecular weight is 326 g/mol. The van der Waals surface area contributed by atoms with Crippen LogP contribution in [0, 0.1) is 6.92 Å². The summed E-state index contributed by atoms with van der Waals surface area (Å²) in [5.74, 6) is 0.00330. The number of hydrogen-bond donors (Lipinski definition) is 2. The van der Waals surface area contributed by atoms with E-state index in [2.05, 4.69) is 15.3 Å². The first-order chi connectivity index (χ1) is 11.4. The highest BCUT2D eigenvalue weighted by molar-refractivity contribution is 6.06. The van der Waals surface area contributed by atoms with Crippen LogP contribution in [0.25, 0.3) is 5.65 Å². The van der Waals surface area contributed by atoms with Crippen molar-refractivity contribution < 1.29 is 9.53 Å². The van der Waals surface area contributed by atoms with Crippen molar-refractivity contribution in [2.45, 2.75) is 26.9 Å². The Morgan fingerprint density at radius 2 is 2.17 bits per heavy atom. The molecule has 0 aliphatic heterocycles. The van der Waals surface area contributed by atoms with Gasteiger partial charge in [0.1, 0.15) is 17.1 Å². The van der Waals surface area contributed by atoms with Gasteiger partial charge >= 0.3 is 0 Å². The lowest BCUT2D eigenvalue weighted by molar-refractivity contribution is 0.102. The van der Waals surface area contributed by atoms with Crippen LogP contribution in [0.2, 0.25) is 0 Å². The summed E-state index contributed by atoms with van der Waals surface area (Å²) in [7, 11) is 0. The minimum Gasteiger partial charge on any atom is -0.490 e. The maximum absolute atomic E-state index is 12.6. The third-order valence-electron chi connectivity index (χ3n) is 3.35. The van der Waals surface area contributed by atoms with Crippen LogP contribution in [0.1, 0.15) is 29.9 Å². The van der Waals surface area contributed by atoms with Crippen LogP contribution in [-0.4, -0.2) is 26.4 Å². The Morgan fingerprint density at radius 3 is 2.88 bits per heavy atom. The molecule has 0 atom stereocenters. The van der Waals surface area contributed by atoms with Gasteiger partial charge in [-0.1, -0.05) is 0 Å². The molecule has 0 unspecified atom stereocenters. The Morgan fingerprint density at radius 1 is 1.38 bits per heavy atom. The minimum atomic E-state index is -0.421. The van der Waals surface area contributed by atoms with Crippen molar-refractivity contribution in [3.8, 4) is 5.75 Å². The fourth-order valence-corrected chi connectivity index (χ4v) is 2.37. The largest absolute Gasteiger partial charge is 0.490 e.